The first-order valence-electron chi connectivity index (χ1n) is 11.1. The minimum absolute atomic E-state index is 0.0896. The van der Waals surface area contributed by atoms with Crippen molar-refractivity contribution in [2.24, 2.45) is 0 Å². The Morgan fingerprint density at radius 1 is 1.14 bits per heavy atom. The minimum atomic E-state index is 0.0896. The molecule has 3 heterocycles. The Kier molecular flexibility index (Phi) is 6.47. The summed E-state index contributed by atoms with van der Waals surface area (Å²) in [7, 11) is 0. The van der Waals surface area contributed by atoms with E-state index in [-0.39, 0.29) is 17.6 Å². The molecule has 28 heavy (non-hydrogen) atoms. The van der Waals surface area contributed by atoms with Gasteiger partial charge in [0.1, 0.15) is 0 Å². The third-order valence-corrected chi connectivity index (χ3v) is 6.87. The summed E-state index contributed by atoms with van der Waals surface area (Å²) < 4.78 is 5.58. The van der Waals surface area contributed by atoms with E-state index in [9.17, 15) is 4.79 Å². The Morgan fingerprint density at radius 3 is 2.71 bits per heavy atom. The summed E-state index contributed by atoms with van der Waals surface area (Å²) in [4.78, 5) is 22.1. The average Bonchev–Trinajstić information content (AvgIpc) is 2.79. The van der Waals surface area contributed by atoms with Gasteiger partial charge in [0.15, 0.2) is 0 Å². The molecule has 2 aliphatic heterocycles. The summed E-state index contributed by atoms with van der Waals surface area (Å²) in [6.07, 6.45) is 13.2. The quantitative estimate of drug-likeness (QED) is 0.862. The highest BCUT2D eigenvalue weighted by molar-refractivity contribution is 5.75. The van der Waals surface area contributed by atoms with Crippen LogP contribution in [0.15, 0.2) is 24.5 Å². The van der Waals surface area contributed by atoms with E-state index in [1.54, 1.807) is 6.20 Å². The molecule has 1 aliphatic carbocycles. The number of nitrogens with one attached hydrogen (secondary N) is 1. The number of hydrogen-bond donors (Lipinski definition) is 1. The number of carbonyl (C=O) groups is 1. The Bertz CT molecular complexity index is 627. The number of ether oxygens (including phenoxy) is 1. The first-order chi connectivity index (χ1) is 13.8. The van der Waals surface area contributed by atoms with Gasteiger partial charge in [-0.2, -0.15) is 0 Å². The molecule has 0 bridgehead atoms. The van der Waals surface area contributed by atoms with E-state index in [0.717, 1.165) is 57.8 Å². The van der Waals surface area contributed by atoms with Crippen LogP contribution < -0.4 is 5.32 Å². The van der Waals surface area contributed by atoms with Crippen molar-refractivity contribution < 1.29 is 9.53 Å². The van der Waals surface area contributed by atoms with E-state index >= 15 is 0 Å². The number of rotatable bonds is 4. The fraction of sp³-hybridized carbons (Fsp3) is 0.727. The van der Waals surface area contributed by atoms with Gasteiger partial charge in [-0.15, -0.1) is 0 Å². The van der Waals surface area contributed by atoms with Crippen LogP contribution in [-0.2, 0) is 4.74 Å². The number of likely N-dealkylation sites (tertiary alicyclic amines) is 1. The van der Waals surface area contributed by atoms with Gasteiger partial charge in [0.25, 0.3) is 0 Å². The van der Waals surface area contributed by atoms with Crippen LogP contribution in [0.25, 0.3) is 0 Å². The van der Waals surface area contributed by atoms with Crippen molar-refractivity contribution in [2.45, 2.75) is 62.9 Å². The van der Waals surface area contributed by atoms with Gasteiger partial charge in [-0.3, -0.25) is 9.88 Å². The zero-order valence-corrected chi connectivity index (χ0v) is 16.9. The maximum absolute atomic E-state index is 13.2. The summed E-state index contributed by atoms with van der Waals surface area (Å²) in [5, 5.41) is 3.34. The maximum Gasteiger partial charge on any atom is 0.317 e. The molecule has 0 radical (unpaired) electrons. The molecule has 1 aromatic rings. The van der Waals surface area contributed by atoms with Gasteiger partial charge in [-0.25, -0.2) is 4.79 Å². The monoisotopic (exact) mass is 386 g/mol. The number of nitrogens with zero attached hydrogens (tertiary/aromatic N) is 3. The lowest BCUT2D eigenvalue weighted by Gasteiger charge is -2.48. The molecule has 154 valence electrons. The molecule has 2 saturated heterocycles. The van der Waals surface area contributed by atoms with Crippen LogP contribution in [0, 0.1) is 0 Å². The SMILES string of the molecule is O=C(NCC1(N2CCOCC2)CCCCC1)N1CCCC[C@@H]1c1cccnc1. The number of pyridine rings is 1. The standard InChI is InChI=1S/C22H34N4O2/c27-21(26-12-5-2-8-20(26)19-7-6-11-23-17-19)24-18-22(9-3-1-4-10-22)25-13-15-28-16-14-25/h6-7,11,17,20H,1-5,8-10,12-16,18H2,(H,24,27)/t20-/m1/s1. The number of amides is 2. The van der Waals surface area contributed by atoms with Gasteiger partial charge in [0, 0.05) is 44.1 Å². The molecular formula is C22H34N4O2. The highest BCUT2D eigenvalue weighted by Gasteiger charge is 2.39. The first-order valence-corrected chi connectivity index (χ1v) is 11.1. The molecule has 0 aromatic carbocycles. The third-order valence-electron chi connectivity index (χ3n) is 6.87. The Hall–Kier alpha value is -1.66. The normalized spacial score (nSPS) is 26.0. The Morgan fingerprint density at radius 2 is 1.96 bits per heavy atom. The second kappa shape index (κ2) is 9.23. The molecule has 6 nitrogen and oxygen atoms in total. The van der Waals surface area contributed by atoms with E-state index in [2.05, 4.69) is 21.3 Å². The molecule has 4 rings (SSSR count). The fourth-order valence-corrected chi connectivity index (χ4v) is 5.29. The zero-order valence-electron chi connectivity index (χ0n) is 16.9. The van der Waals surface area contributed by atoms with E-state index in [4.69, 9.17) is 4.74 Å². The highest BCUT2D eigenvalue weighted by Crippen LogP contribution is 2.35. The second-order valence-electron chi connectivity index (χ2n) is 8.53. The van der Waals surface area contributed by atoms with Crippen molar-refractivity contribution in [1.82, 2.24) is 20.1 Å². The van der Waals surface area contributed by atoms with Crippen molar-refractivity contribution in [2.75, 3.05) is 39.4 Å². The highest BCUT2D eigenvalue weighted by atomic mass is 16.5. The Labute approximate surface area is 168 Å². The molecule has 0 unspecified atom stereocenters. The zero-order chi connectivity index (χ0) is 19.2. The number of urea groups is 1. The molecule has 1 aromatic heterocycles. The van der Waals surface area contributed by atoms with Crippen molar-refractivity contribution in [3.63, 3.8) is 0 Å². The minimum Gasteiger partial charge on any atom is -0.379 e. The maximum atomic E-state index is 13.2. The summed E-state index contributed by atoms with van der Waals surface area (Å²) in [6, 6.07) is 4.30. The summed E-state index contributed by atoms with van der Waals surface area (Å²) in [5.41, 5.74) is 1.26. The van der Waals surface area contributed by atoms with Crippen LogP contribution in [0.2, 0.25) is 0 Å². The predicted octanol–water partition coefficient (Wildman–Crippen LogP) is 3.35. The van der Waals surface area contributed by atoms with Crippen molar-refractivity contribution in [1.29, 1.82) is 0 Å². The number of morpholine rings is 1. The molecule has 3 fully saturated rings. The number of hydrogen-bond acceptors (Lipinski definition) is 4. The van der Waals surface area contributed by atoms with Crippen molar-refractivity contribution >= 4 is 6.03 Å². The van der Waals surface area contributed by atoms with Gasteiger partial charge in [0.05, 0.1) is 19.3 Å². The van der Waals surface area contributed by atoms with Gasteiger partial charge in [-0.1, -0.05) is 25.3 Å². The lowest BCUT2D eigenvalue weighted by Crippen LogP contribution is -2.60. The molecule has 3 aliphatic rings. The van der Waals surface area contributed by atoms with E-state index in [1.807, 2.05) is 17.2 Å². The van der Waals surface area contributed by atoms with Crippen LogP contribution >= 0.6 is 0 Å². The van der Waals surface area contributed by atoms with Gasteiger partial charge < -0.3 is 15.0 Å². The van der Waals surface area contributed by atoms with Crippen LogP contribution in [0.4, 0.5) is 4.79 Å². The smallest absolute Gasteiger partial charge is 0.317 e. The molecule has 1 saturated carbocycles. The lowest BCUT2D eigenvalue weighted by atomic mass is 9.79. The average molecular weight is 387 g/mol. The molecule has 6 heteroatoms. The van der Waals surface area contributed by atoms with Gasteiger partial charge >= 0.3 is 6.03 Å². The Balaban J connectivity index is 1.43. The van der Waals surface area contributed by atoms with Crippen LogP contribution in [0.1, 0.15) is 63.0 Å². The third kappa shape index (κ3) is 4.33. The van der Waals surface area contributed by atoms with Crippen LogP contribution in [-0.4, -0.2) is 65.7 Å². The van der Waals surface area contributed by atoms with E-state index < -0.39 is 0 Å². The number of carbonyl (C=O) groups excluding carboxylic acids is 1. The van der Waals surface area contributed by atoms with Crippen molar-refractivity contribution in [3.05, 3.63) is 30.1 Å². The van der Waals surface area contributed by atoms with Crippen LogP contribution in [0.5, 0.6) is 0 Å². The predicted molar refractivity (Wildman–Crippen MR) is 109 cm³/mol. The summed E-state index contributed by atoms with van der Waals surface area (Å²) in [5.74, 6) is 0. The van der Waals surface area contributed by atoms with Crippen molar-refractivity contribution in [3.8, 4) is 0 Å². The summed E-state index contributed by atoms with van der Waals surface area (Å²) >= 11 is 0. The molecule has 2 amide bonds. The van der Waals surface area contributed by atoms with Gasteiger partial charge in [0.2, 0.25) is 0 Å². The lowest BCUT2D eigenvalue weighted by molar-refractivity contribution is -0.0362. The first kappa shape index (κ1) is 19.6. The van der Waals surface area contributed by atoms with Crippen LogP contribution in [0.3, 0.4) is 0 Å². The molecule has 0 spiro atoms. The second-order valence-corrected chi connectivity index (χ2v) is 8.53. The fourth-order valence-electron chi connectivity index (χ4n) is 5.29. The summed E-state index contributed by atoms with van der Waals surface area (Å²) in [6.45, 7) is 5.17. The number of aromatic nitrogens is 1. The van der Waals surface area contributed by atoms with E-state index in [0.29, 0.717) is 0 Å². The number of piperidine rings is 1. The topological polar surface area (TPSA) is 57.7 Å². The van der Waals surface area contributed by atoms with Gasteiger partial charge in [-0.05, 0) is 43.7 Å². The van der Waals surface area contributed by atoms with E-state index in [1.165, 1.54) is 38.5 Å². The largest absolute Gasteiger partial charge is 0.379 e. The molecule has 1 atom stereocenters. The molecule has 1 N–H and O–H groups in total. The molecular weight excluding hydrogens is 352 g/mol.